The third-order valence-electron chi connectivity index (χ3n) is 0.726. The van der Waals surface area contributed by atoms with Crippen LogP contribution < -0.4 is 0 Å². The maximum absolute atomic E-state index is 5.73. The van der Waals surface area contributed by atoms with E-state index in [1.54, 1.807) is 11.8 Å². The van der Waals surface area contributed by atoms with Crippen LogP contribution in [0.1, 0.15) is 13.3 Å². The van der Waals surface area contributed by atoms with Crippen molar-refractivity contribution in [2.75, 3.05) is 5.75 Å². The summed E-state index contributed by atoms with van der Waals surface area (Å²) in [5.41, 5.74) is 0. The summed E-state index contributed by atoms with van der Waals surface area (Å²) >= 11 is 19.6. The topological polar surface area (TPSA) is 0 Å². The standard InChI is InChI=1S/C5H8Br2Cl2S/c1-2-3-10-4(6)5(7,8)9/h4H,2-3H2,1H3. The second kappa shape index (κ2) is 5.52. The lowest BCUT2D eigenvalue weighted by molar-refractivity contribution is 1.10. The van der Waals surface area contributed by atoms with Crippen molar-refractivity contribution in [1.82, 2.24) is 0 Å². The van der Waals surface area contributed by atoms with Gasteiger partial charge >= 0.3 is 0 Å². The van der Waals surface area contributed by atoms with Gasteiger partial charge in [0.1, 0.15) is 4.16 Å². The number of hydrogen-bond donors (Lipinski definition) is 0. The van der Waals surface area contributed by atoms with Crippen molar-refractivity contribution < 1.29 is 0 Å². The van der Waals surface area contributed by atoms with E-state index in [9.17, 15) is 0 Å². The van der Waals surface area contributed by atoms with Crippen LogP contribution in [0.25, 0.3) is 0 Å². The molecule has 10 heavy (non-hydrogen) atoms. The minimum Gasteiger partial charge on any atom is -0.143 e. The maximum atomic E-state index is 5.73. The van der Waals surface area contributed by atoms with Crippen molar-refractivity contribution in [3.63, 3.8) is 0 Å². The lowest BCUT2D eigenvalue weighted by Crippen LogP contribution is -2.14. The summed E-state index contributed by atoms with van der Waals surface area (Å²) in [7, 11) is 0. The van der Waals surface area contributed by atoms with Gasteiger partial charge in [-0.1, -0.05) is 46.1 Å². The molecule has 0 nitrogen and oxygen atoms in total. The molecule has 1 atom stereocenters. The predicted molar refractivity (Wildman–Crippen MR) is 58.8 cm³/mol. The van der Waals surface area contributed by atoms with E-state index < -0.39 is 3.24 Å². The third-order valence-corrected chi connectivity index (χ3v) is 6.09. The molecule has 0 aromatic carbocycles. The van der Waals surface area contributed by atoms with Gasteiger partial charge < -0.3 is 0 Å². The molecule has 0 aromatic rings. The van der Waals surface area contributed by atoms with E-state index in [0.29, 0.717) is 0 Å². The molecule has 0 aliphatic carbocycles. The van der Waals surface area contributed by atoms with E-state index >= 15 is 0 Å². The highest BCUT2D eigenvalue weighted by molar-refractivity contribution is 9.14. The Balaban J connectivity index is 3.52. The normalized spacial score (nSPS) is 15.3. The maximum Gasteiger partial charge on any atom is 0.193 e. The van der Waals surface area contributed by atoms with Gasteiger partial charge in [-0.25, -0.2) is 0 Å². The Hall–Kier alpha value is 1.89. The highest BCUT2D eigenvalue weighted by atomic mass is 79.9. The van der Waals surface area contributed by atoms with Crippen molar-refractivity contribution in [3.8, 4) is 0 Å². The SMILES string of the molecule is CCCSC(Br)C(Cl)(Cl)Br. The Morgan fingerprint density at radius 2 is 2.10 bits per heavy atom. The highest BCUT2D eigenvalue weighted by Crippen LogP contribution is 2.42. The summed E-state index contributed by atoms with van der Waals surface area (Å²) in [5.74, 6) is 1.06. The average molecular weight is 331 g/mol. The van der Waals surface area contributed by atoms with Crippen LogP contribution in [-0.4, -0.2) is 13.2 Å². The van der Waals surface area contributed by atoms with Crippen LogP contribution >= 0.6 is 66.8 Å². The fourth-order valence-corrected chi connectivity index (χ4v) is 2.28. The minimum absolute atomic E-state index is 0.0447. The smallest absolute Gasteiger partial charge is 0.143 e. The first-order valence-corrected chi connectivity index (χ1v) is 6.32. The van der Waals surface area contributed by atoms with Gasteiger partial charge in [-0.05, 0) is 28.1 Å². The third kappa shape index (κ3) is 5.53. The molecule has 0 fully saturated rings. The van der Waals surface area contributed by atoms with Gasteiger partial charge in [0.25, 0.3) is 0 Å². The number of thioether (sulfide) groups is 1. The Morgan fingerprint density at radius 1 is 1.60 bits per heavy atom. The van der Waals surface area contributed by atoms with E-state index in [2.05, 4.69) is 38.8 Å². The van der Waals surface area contributed by atoms with Crippen LogP contribution in [-0.2, 0) is 0 Å². The van der Waals surface area contributed by atoms with Gasteiger partial charge in [0, 0.05) is 0 Å². The molecular weight excluding hydrogens is 323 g/mol. The molecule has 0 aromatic heterocycles. The Kier molecular flexibility index (Phi) is 6.56. The zero-order valence-electron chi connectivity index (χ0n) is 5.41. The molecule has 0 amide bonds. The monoisotopic (exact) mass is 328 g/mol. The van der Waals surface area contributed by atoms with E-state index in [1.807, 2.05) is 0 Å². The van der Waals surface area contributed by atoms with Crippen molar-refractivity contribution in [3.05, 3.63) is 0 Å². The van der Waals surface area contributed by atoms with E-state index in [0.717, 1.165) is 12.2 Å². The van der Waals surface area contributed by atoms with E-state index in [-0.39, 0.29) is 4.16 Å². The summed E-state index contributed by atoms with van der Waals surface area (Å²) in [6, 6.07) is 0. The fourth-order valence-electron chi connectivity index (χ4n) is 0.316. The predicted octanol–water partition coefficient (Wildman–Crippen LogP) is 4.38. The first kappa shape index (κ1) is 11.9. The van der Waals surface area contributed by atoms with E-state index in [4.69, 9.17) is 23.2 Å². The Labute approximate surface area is 92.7 Å². The van der Waals surface area contributed by atoms with Gasteiger partial charge in [0.15, 0.2) is 3.24 Å². The summed E-state index contributed by atoms with van der Waals surface area (Å²) in [6.07, 6.45) is 1.13. The van der Waals surface area contributed by atoms with Crippen molar-refractivity contribution >= 4 is 66.8 Å². The van der Waals surface area contributed by atoms with Crippen molar-refractivity contribution in [2.24, 2.45) is 0 Å². The zero-order valence-corrected chi connectivity index (χ0v) is 10.9. The molecule has 62 valence electrons. The number of alkyl halides is 4. The molecule has 0 saturated heterocycles. The Morgan fingerprint density at radius 3 is 2.40 bits per heavy atom. The first-order valence-electron chi connectivity index (χ1n) is 2.81. The molecule has 0 rings (SSSR count). The molecular formula is C5H8Br2Cl2S. The van der Waals surface area contributed by atoms with E-state index in [1.165, 1.54) is 0 Å². The second-order valence-corrected chi connectivity index (χ2v) is 8.01. The molecule has 0 spiro atoms. The largest absolute Gasteiger partial charge is 0.193 e. The lowest BCUT2D eigenvalue weighted by atomic mass is 10.6. The van der Waals surface area contributed by atoms with Crippen LogP contribution in [0.3, 0.4) is 0 Å². The van der Waals surface area contributed by atoms with Gasteiger partial charge in [0.05, 0.1) is 0 Å². The van der Waals surface area contributed by atoms with Gasteiger partial charge in [-0.2, -0.15) is 0 Å². The van der Waals surface area contributed by atoms with Crippen molar-refractivity contribution in [1.29, 1.82) is 0 Å². The van der Waals surface area contributed by atoms with Crippen LogP contribution in [0.5, 0.6) is 0 Å². The van der Waals surface area contributed by atoms with Crippen LogP contribution in [0.15, 0.2) is 0 Å². The quantitative estimate of drug-likeness (QED) is 0.689. The molecule has 0 heterocycles. The molecule has 0 radical (unpaired) electrons. The summed E-state index contributed by atoms with van der Waals surface area (Å²) < 4.78 is -0.810. The van der Waals surface area contributed by atoms with Gasteiger partial charge in [-0.15, -0.1) is 11.8 Å². The first-order chi connectivity index (χ1) is 4.48. The van der Waals surface area contributed by atoms with Crippen LogP contribution in [0.2, 0.25) is 0 Å². The molecule has 0 saturated carbocycles. The highest BCUT2D eigenvalue weighted by Gasteiger charge is 2.29. The fraction of sp³-hybridized carbons (Fsp3) is 1.00. The minimum atomic E-state index is -0.854. The van der Waals surface area contributed by atoms with Crippen molar-refractivity contribution in [2.45, 2.75) is 20.7 Å². The van der Waals surface area contributed by atoms with Crippen LogP contribution in [0.4, 0.5) is 0 Å². The average Bonchev–Trinajstić information content (AvgIpc) is 1.80. The summed E-state index contributed by atoms with van der Waals surface area (Å²) in [5, 5.41) is 0. The van der Waals surface area contributed by atoms with Crippen LogP contribution in [0, 0.1) is 0 Å². The molecule has 0 bridgehead atoms. The molecule has 0 aliphatic rings. The lowest BCUT2D eigenvalue weighted by Gasteiger charge is -2.17. The number of halogens is 4. The Bertz CT molecular complexity index is 94.1. The summed E-state index contributed by atoms with van der Waals surface area (Å²) in [4.78, 5) is 0. The van der Waals surface area contributed by atoms with Gasteiger partial charge in [-0.3, -0.25) is 0 Å². The zero-order chi connectivity index (χ0) is 8.20. The second-order valence-electron chi connectivity index (χ2n) is 1.73. The number of hydrogen-bond acceptors (Lipinski definition) is 1. The van der Waals surface area contributed by atoms with Gasteiger partial charge in [0.2, 0.25) is 0 Å². The molecule has 0 N–H and O–H groups in total. The molecule has 1 unspecified atom stereocenters. The molecule has 0 aliphatic heterocycles. The number of rotatable bonds is 4. The summed E-state index contributed by atoms with van der Waals surface area (Å²) in [6.45, 7) is 2.12. The molecule has 5 heteroatoms.